The Bertz CT molecular complexity index is 986. The summed E-state index contributed by atoms with van der Waals surface area (Å²) < 4.78 is 10.6. The summed E-state index contributed by atoms with van der Waals surface area (Å²) >= 11 is 0. The molecule has 6 heteroatoms. The second-order valence-electron chi connectivity index (χ2n) is 6.89. The van der Waals surface area contributed by atoms with Crippen molar-refractivity contribution in [3.8, 4) is 11.5 Å². The third-order valence-corrected chi connectivity index (χ3v) is 4.69. The highest BCUT2D eigenvalue weighted by molar-refractivity contribution is 6.01. The summed E-state index contributed by atoms with van der Waals surface area (Å²) in [7, 11) is 1.57. The molecule has 0 radical (unpaired) electrons. The standard InChI is InChI=1S/C25H26N2O4/c1-3-31-22-15-11-20(12-16-22)26-25(29)23(17-18-7-5-4-6-8-18)27-24(28)19-9-13-21(30-2)14-10-19/h4-16,23H,3,17H2,1-2H3,(H,26,29)(H,27,28)/t23-/m0/s1. The molecule has 0 fully saturated rings. The van der Waals surface area contributed by atoms with Crippen molar-refractivity contribution in [2.75, 3.05) is 19.0 Å². The molecule has 6 nitrogen and oxygen atoms in total. The van der Waals surface area contributed by atoms with Crippen LogP contribution in [0.4, 0.5) is 5.69 Å². The van der Waals surface area contributed by atoms with Crippen LogP contribution in [-0.4, -0.2) is 31.6 Å². The fourth-order valence-corrected chi connectivity index (χ4v) is 3.07. The van der Waals surface area contributed by atoms with E-state index >= 15 is 0 Å². The van der Waals surface area contributed by atoms with Crippen LogP contribution >= 0.6 is 0 Å². The Labute approximate surface area is 182 Å². The van der Waals surface area contributed by atoms with E-state index in [9.17, 15) is 9.59 Å². The zero-order valence-corrected chi connectivity index (χ0v) is 17.6. The lowest BCUT2D eigenvalue weighted by molar-refractivity contribution is -0.118. The van der Waals surface area contributed by atoms with Crippen LogP contribution in [-0.2, 0) is 11.2 Å². The monoisotopic (exact) mass is 418 g/mol. The highest BCUT2D eigenvalue weighted by Gasteiger charge is 2.22. The van der Waals surface area contributed by atoms with E-state index in [4.69, 9.17) is 9.47 Å². The van der Waals surface area contributed by atoms with Gasteiger partial charge in [-0.1, -0.05) is 30.3 Å². The van der Waals surface area contributed by atoms with Crippen molar-refractivity contribution in [1.29, 1.82) is 0 Å². The Morgan fingerprint density at radius 3 is 2.13 bits per heavy atom. The normalized spacial score (nSPS) is 11.3. The van der Waals surface area contributed by atoms with Crippen LogP contribution in [0, 0.1) is 0 Å². The summed E-state index contributed by atoms with van der Waals surface area (Å²) in [5.41, 5.74) is 2.03. The van der Waals surface area contributed by atoms with Gasteiger partial charge in [0.15, 0.2) is 0 Å². The Morgan fingerprint density at radius 1 is 0.871 bits per heavy atom. The summed E-state index contributed by atoms with van der Waals surface area (Å²) in [5.74, 6) is 0.764. The lowest BCUT2D eigenvalue weighted by Crippen LogP contribution is -2.45. The number of hydrogen-bond acceptors (Lipinski definition) is 4. The van der Waals surface area contributed by atoms with E-state index in [0.717, 1.165) is 11.3 Å². The summed E-state index contributed by atoms with van der Waals surface area (Å²) in [6.07, 6.45) is 0.367. The average Bonchev–Trinajstić information content (AvgIpc) is 2.80. The summed E-state index contributed by atoms with van der Waals surface area (Å²) in [4.78, 5) is 25.8. The molecule has 160 valence electrons. The maximum Gasteiger partial charge on any atom is 0.251 e. The zero-order chi connectivity index (χ0) is 22.1. The number of anilines is 1. The van der Waals surface area contributed by atoms with Crippen molar-refractivity contribution in [2.24, 2.45) is 0 Å². The van der Waals surface area contributed by atoms with Gasteiger partial charge in [0, 0.05) is 17.7 Å². The molecular weight excluding hydrogens is 392 g/mol. The van der Waals surface area contributed by atoms with E-state index < -0.39 is 6.04 Å². The number of rotatable bonds is 9. The van der Waals surface area contributed by atoms with Crippen molar-refractivity contribution in [3.05, 3.63) is 90.0 Å². The lowest BCUT2D eigenvalue weighted by Gasteiger charge is -2.19. The van der Waals surface area contributed by atoms with Gasteiger partial charge in [-0.2, -0.15) is 0 Å². The molecule has 0 aliphatic heterocycles. The fourth-order valence-electron chi connectivity index (χ4n) is 3.07. The van der Waals surface area contributed by atoms with Gasteiger partial charge < -0.3 is 20.1 Å². The maximum absolute atomic E-state index is 13.0. The first kappa shape index (κ1) is 21.9. The number of carbonyl (C=O) groups excluding carboxylic acids is 2. The number of methoxy groups -OCH3 is 1. The molecule has 3 rings (SSSR count). The van der Waals surface area contributed by atoms with Gasteiger partial charge in [-0.15, -0.1) is 0 Å². The smallest absolute Gasteiger partial charge is 0.251 e. The van der Waals surface area contributed by atoms with E-state index in [2.05, 4.69) is 10.6 Å². The predicted octanol–water partition coefficient (Wildman–Crippen LogP) is 4.07. The molecule has 2 N–H and O–H groups in total. The molecule has 31 heavy (non-hydrogen) atoms. The minimum absolute atomic E-state index is 0.296. The van der Waals surface area contributed by atoms with E-state index in [0.29, 0.717) is 30.0 Å². The van der Waals surface area contributed by atoms with Crippen LogP contribution in [0.15, 0.2) is 78.9 Å². The second-order valence-corrected chi connectivity index (χ2v) is 6.89. The molecule has 3 aromatic rings. The van der Waals surface area contributed by atoms with E-state index in [-0.39, 0.29) is 11.8 Å². The van der Waals surface area contributed by atoms with E-state index in [1.807, 2.05) is 37.3 Å². The Kier molecular flexibility index (Phi) is 7.65. The van der Waals surface area contributed by atoms with E-state index in [1.54, 1.807) is 55.6 Å². The molecule has 0 heterocycles. The van der Waals surface area contributed by atoms with Crippen LogP contribution in [0.2, 0.25) is 0 Å². The molecule has 0 spiro atoms. The first-order valence-electron chi connectivity index (χ1n) is 10.1. The van der Waals surface area contributed by atoms with Crippen LogP contribution < -0.4 is 20.1 Å². The third kappa shape index (κ3) is 6.34. The van der Waals surface area contributed by atoms with Crippen molar-refractivity contribution in [2.45, 2.75) is 19.4 Å². The summed E-state index contributed by atoms with van der Waals surface area (Å²) in [6.45, 7) is 2.48. The molecule has 0 aliphatic rings. The van der Waals surface area contributed by atoms with Crippen molar-refractivity contribution >= 4 is 17.5 Å². The number of benzene rings is 3. The van der Waals surface area contributed by atoms with Gasteiger partial charge in [-0.25, -0.2) is 0 Å². The highest BCUT2D eigenvalue weighted by Crippen LogP contribution is 2.17. The van der Waals surface area contributed by atoms with Crippen LogP contribution in [0.5, 0.6) is 11.5 Å². The van der Waals surface area contributed by atoms with Gasteiger partial charge in [0.05, 0.1) is 13.7 Å². The lowest BCUT2D eigenvalue weighted by atomic mass is 10.0. The van der Waals surface area contributed by atoms with Crippen molar-refractivity contribution in [1.82, 2.24) is 5.32 Å². The predicted molar refractivity (Wildman–Crippen MR) is 121 cm³/mol. The first-order chi connectivity index (χ1) is 15.1. The Balaban J connectivity index is 1.74. The molecular formula is C25H26N2O4. The molecule has 0 saturated heterocycles. The number of carbonyl (C=O) groups is 2. The topological polar surface area (TPSA) is 76.7 Å². The molecule has 1 atom stereocenters. The van der Waals surface area contributed by atoms with Crippen LogP contribution in [0.1, 0.15) is 22.8 Å². The van der Waals surface area contributed by atoms with Crippen molar-refractivity contribution < 1.29 is 19.1 Å². The second kappa shape index (κ2) is 10.8. The number of ether oxygens (including phenoxy) is 2. The third-order valence-electron chi connectivity index (χ3n) is 4.69. The van der Waals surface area contributed by atoms with Gasteiger partial charge in [0.1, 0.15) is 17.5 Å². The molecule has 0 bridgehead atoms. The number of nitrogens with one attached hydrogen (secondary N) is 2. The highest BCUT2D eigenvalue weighted by atomic mass is 16.5. The summed E-state index contributed by atoms with van der Waals surface area (Å²) in [5, 5.41) is 5.73. The maximum atomic E-state index is 13.0. The minimum atomic E-state index is -0.747. The molecule has 2 amide bonds. The van der Waals surface area contributed by atoms with Crippen LogP contribution in [0.3, 0.4) is 0 Å². The molecule has 0 saturated carbocycles. The van der Waals surface area contributed by atoms with Gasteiger partial charge in [0.2, 0.25) is 5.91 Å². The van der Waals surface area contributed by atoms with Gasteiger partial charge >= 0.3 is 0 Å². The summed E-state index contributed by atoms with van der Waals surface area (Å²) in [6, 6.07) is 22.7. The number of amides is 2. The quantitative estimate of drug-likeness (QED) is 0.549. The molecule has 0 aromatic heterocycles. The van der Waals surface area contributed by atoms with Gasteiger partial charge in [-0.05, 0) is 61.0 Å². The molecule has 0 aliphatic carbocycles. The Morgan fingerprint density at radius 2 is 1.52 bits per heavy atom. The molecule has 0 unspecified atom stereocenters. The van der Waals surface area contributed by atoms with Crippen molar-refractivity contribution in [3.63, 3.8) is 0 Å². The number of hydrogen-bond donors (Lipinski definition) is 2. The van der Waals surface area contributed by atoms with Crippen LogP contribution in [0.25, 0.3) is 0 Å². The minimum Gasteiger partial charge on any atom is -0.497 e. The SMILES string of the molecule is CCOc1ccc(NC(=O)[C@H](Cc2ccccc2)NC(=O)c2ccc(OC)cc2)cc1. The largest absolute Gasteiger partial charge is 0.497 e. The molecule has 3 aromatic carbocycles. The Hall–Kier alpha value is -3.80. The van der Waals surface area contributed by atoms with E-state index in [1.165, 1.54) is 0 Å². The average molecular weight is 418 g/mol. The van der Waals surface area contributed by atoms with Gasteiger partial charge in [-0.3, -0.25) is 9.59 Å². The zero-order valence-electron chi connectivity index (χ0n) is 17.6. The first-order valence-corrected chi connectivity index (χ1v) is 10.1. The van der Waals surface area contributed by atoms with Gasteiger partial charge in [0.25, 0.3) is 5.91 Å². The fraction of sp³-hybridized carbons (Fsp3) is 0.200.